The SMILES string of the molecule is CCOP(=O)(Cc1cccc(Cn2nc(-c3ccc(CO)c(OC(F)F)c3)ccc2=O)c1)OCC. The molecule has 0 atom stereocenters. The maximum Gasteiger partial charge on any atom is 0.387 e. The molecular weight excluding hydrogens is 481 g/mol. The zero-order chi connectivity index (χ0) is 25.4. The Kier molecular flexibility index (Phi) is 9.28. The Balaban J connectivity index is 1.88. The van der Waals surface area contributed by atoms with E-state index in [2.05, 4.69) is 9.84 Å². The molecule has 11 heteroatoms. The van der Waals surface area contributed by atoms with E-state index in [9.17, 15) is 23.2 Å². The summed E-state index contributed by atoms with van der Waals surface area (Å²) >= 11 is 0. The van der Waals surface area contributed by atoms with Gasteiger partial charge >= 0.3 is 14.2 Å². The molecule has 0 spiro atoms. The fourth-order valence-electron chi connectivity index (χ4n) is 3.51. The van der Waals surface area contributed by atoms with Gasteiger partial charge in [0.05, 0.1) is 38.2 Å². The van der Waals surface area contributed by atoms with Crippen molar-refractivity contribution in [3.05, 3.63) is 81.6 Å². The van der Waals surface area contributed by atoms with E-state index in [-0.39, 0.29) is 42.8 Å². The van der Waals surface area contributed by atoms with Gasteiger partial charge in [0.2, 0.25) is 0 Å². The summed E-state index contributed by atoms with van der Waals surface area (Å²) in [5.41, 5.74) is 2.12. The topological polar surface area (TPSA) is 99.9 Å². The maximum absolute atomic E-state index is 12.9. The first-order valence-corrected chi connectivity index (χ1v) is 12.7. The number of halogens is 2. The maximum atomic E-state index is 12.9. The fourth-order valence-corrected chi connectivity index (χ4v) is 5.20. The Hall–Kier alpha value is -2.91. The first-order chi connectivity index (χ1) is 16.8. The molecule has 0 aliphatic heterocycles. The molecule has 0 aliphatic rings. The third-order valence-electron chi connectivity index (χ3n) is 4.97. The lowest BCUT2D eigenvalue weighted by molar-refractivity contribution is -0.0509. The van der Waals surface area contributed by atoms with E-state index < -0.39 is 20.8 Å². The van der Waals surface area contributed by atoms with Gasteiger partial charge in [-0.15, -0.1) is 0 Å². The summed E-state index contributed by atoms with van der Waals surface area (Å²) in [6.45, 7) is 0.610. The Morgan fingerprint density at radius 1 is 1.03 bits per heavy atom. The number of aliphatic hydroxyl groups excluding tert-OH is 1. The molecule has 35 heavy (non-hydrogen) atoms. The molecule has 0 radical (unpaired) electrons. The van der Waals surface area contributed by atoms with Crippen LogP contribution in [0, 0.1) is 0 Å². The average Bonchev–Trinajstić information content (AvgIpc) is 2.80. The third kappa shape index (κ3) is 7.29. The highest BCUT2D eigenvalue weighted by molar-refractivity contribution is 7.53. The summed E-state index contributed by atoms with van der Waals surface area (Å²) in [5, 5.41) is 13.7. The van der Waals surface area contributed by atoms with Crippen molar-refractivity contribution in [2.24, 2.45) is 0 Å². The molecule has 3 aromatic rings. The molecule has 188 valence electrons. The van der Waals surface area contributed by atoms with Crippen molar-refractivity contribution in [3.63, 3.8) is 0 Å². The first kappa shape index (κ1) is 26.7. The van der Waals surface area contributed by atoms with Crippen LogP contribution in [0.1, 0.15) is 30.5 Å². The lowest BCUT2D eigenvalue weighted by Gasteiger charge is -2.17. The highest BCUT2D eigenvalue weighted by Gasteiger charge is 2.24. The minimum absolute atomic E-state index is 0.0923. The number of rotatable bonds is 12. The molecule has 8 nitrogen and oxygen atoms in total. The second-order valence-electron chi connectivity index (χ2n) is 7.50. The molecule has 0 unspecified atom stereocenters. The minimum atomic E-state index is -3.29. The van der Waals surface area contributed by atoms with Crippen LogP contribution in [-0.4, -0.2) is 34.7 Å². The molecular formula is C24H27F2N2O6P. The Morgan fingerprint density at radius 3 is 2.40 bits per heavy atom. The second-order valence-corrected chi connectivity index (χ2v) is 9.55. The molecule has 3 rings (SSSR count). The molecule has 2 aromatic carbocycles. The largest absolute Gasteiger partial charge is 0.434 e. The highest BCUT2D eigenvalue weighted by atomic mass is 31.2. The van der Waals surface area contributed by atoms with Gasteiger partial charge in [0.1, 0.15) is 5.75 Å². The van der Waals surface area contributed by atoms with Gasteiger partial charge < -0.3 is 18.9 Å². The van der Waals surface area contributed by atoms with Gasteiger partial charge in [-0.2, -0.15) is 13.9 Å². The average molecular weight is 508 g/mol. The zero-order valence-electron chi connectivity index (χ0n) is 19.4. The van der Waals surface area contributed by atoms with Crippen LogP contribution in [0.4, 0.5) is 8.78 Å². The van der Waals surface area contributed by atoms with Crippen molar-refractivity contribution in [1.29, 1.82) is 0 Å². The number of aromatic nitrogens is 2. The van der Waals surface area contributed by atoms with Gasteiger partial charge in [-0.05, 0) is 37.1 Å². The highest BCUT2D eigenvalue weighted by Crippen LogP contribution is 2.51. The van der Waals surface area contributed by atoms with Crippen LogP contribution in [0.3, 0.4) is 0 Å². The van der Waals surface area contributed by atoms with Crippen LogP contribution in [0.25, 0.3) is 11.3 Å². The van der Waals surface area contributed by atoms with Gasteiger partial charge in [-0.25, -0.2) is 4.68 Å². The standard InChI is InChI=1S/C24H27F2N2O6P/c1-3-32-35(31,33-4-2)16-18-7-5-6-17(12-18)14-28-23(30)11-10-21(27-28)19-8-9-20(15-29)22(13-19)34-24(25)26/h5-13,24,29H,3-4,14-16H2,1-2H3. The molecule has 0 aliphatic carbocycles. The van der Waals surface area contributed by atoms with Crippen molar-refractivity contribution in [2.45, 2.75) is 39.8 Å². The molecule has 1 N–H and O–H groups in total. The fraction of sp³-hybridized carbons (Fsp3) is 0.333. The summed E-state index contributed by atoms with van der Waals surface area (Å²) in [6.07, 6.45) is 0.0923. The molecule has 0 fully saturated rings. The first-order valence-electron chi connectivity index (χ1n) is 11.0. The summed E-state index contributed by atoms with van der Waals surface area (Å²) < 4.78 is 54.8. The second kappa shape index (κ2) is 12.2. The Bertz CT molecular complexity index is 1240. The van der Waals surface area contributed by atoms with Gasteiger partial charge in [-0.3, -0.25) is 9.36 Å². The monoisotopic (exact) mass is 508 g/mol. The van der Waals surface area contributed by atoms with E-state index in [4.69, 9.17) is 9.05 Å². The predicted octanol–water partition coefficient (Wildman–Crippen LogP) is 4.82. The third-order valence-corrected chi connectivity index (χ3v) is 7.02. The van der Waals surface area contributed by atoms with Gasteiger partial charge in [0.15, 0.2) is 0 Å². The number of nitrogens with zero attached hydrogens (tertiary/aromatic N) is 2. The van der Waals surface area contributed by atoms with Crippen LogP contribution in [-0.2, 0) is 32.9 Å². The van der Waals surface area contributed by atoms with Crippen molar-refractivity contribution >= 4 is 7.60 Å². The van der Waals surface area contributed by atoms with Crippen LogP contribution in [0.15, 0.2) is 59.4 Å². The predicted molar refractivity (Wildman–Crippen MR) is 127 cm³/mol. The number of benzene rings is 2. The van der Waals surface area contributed by atoms with Crippen LogP contribution < -0.4 is 10.3 Å². The summed E-state index contributed by atoms with van der Waals surface area (Å²) in [5.74, 6) is -0.166. The van der Waals surface area contributed by atoms with Crippen molar-refractivity contribution in [1.82, 2.24) is 9.78 Å². The lowest BCUT2D eigenvalue weighted by atomic mass is 10.1. The number of aliphatic hydroxyl groups is 1. The number of alkyl halides is 2. The van der Waals surface area contributed by atoms with E-state index in [1.165, 1.54) is 28.9 Å². The quantitative estimate of drug-likeness (QED) is 0.350. The summed E-state index contributed by atoms with van der Waals surface area (Å²) in [6, 6.07) is 14.4. The van der Waals surface area contributed by atoms with Crippen molar-refractivity contribution in [2.75, 3.05) is 13.2 Å². The molecule has 0 bridgehead atoms. The van der Waals surface area contributed by atoms with Gasteiger partial charge in [0, 0.05) is 17.2 Å². The summed E-state index contributed by atoms with van der Waals surface area (Å²) in [4.78, 5) is 12.5. The minimum Gasteiger partial charge on any atom is -0.434 e. The molecule has 0 saturated heterocycles. The molecule has 0 amide bonds. The molecule has 0 saturated carbocycles. The smallest absolute Gasteiger partial charge is 0.387 e. The number of hydrogen-bond acceptors (Lipinski definition) is 7. The number of hydrogen-bond donors (Lipinski definition) is 1. The van der Waals surface area contributed by atoms with E-state index in [1.807, 2.05) is 0 Å². The lowest BCUT2D eigenvalue weighted by Crippen LogP contribution is -2.22. The van der Waals surface area contributed by atoms with E-state index >= 15 is 0 Å². The molecule has 1 heterocycles. The van der Waals surface area contributed by atoms with Crippen LogP contribution in [0.5, 0.6) is 5.75 Å². The Morgan fingerprint density at radius 2 is 1.74 bits per heavy atom. The van der Waals surface area contributed by atoms with Crippen LogP contribution >= 0.6 is 7.60 Å². The summed E-state index contributed by atoms with van der Waals surface area (Å²) in [7, 11) is -3.29. The molecule has 1 aromatic heterocycles. The van der Waals surface area contributed by atoms with Gasteiger partial charge in [0.25, 0.3) is 5.56 Å². The van der Waals surface area contributed by atoms with E-state index in [1.54, 1.807) is 44.2 Å². The van der Waals surface area contributed by atoms with Gasteiger partial charge in [-0.1, -0.05) is 36.4 Å². The van der Waals surface area contributed by atoms with E-state index in [0.29, 0.717) is 11.3 Å². The van der Waals surface area contributed by atoms with E-state index in [0.717, 1.165) is 11.1 Å². The Labute approximate surface area is 201 Å². The zero-order valence-corrected chi connectivity index (χ0v) is 20.3. The van der Waals surface area contributed by atoms with Crippen LogP contribution in [0.2, 0.25) is 0 Å². The van der Waals surface area contributed by atoms with Crippen molar-refractivity contribution < 1.29 is 32.2 Å². The normalized spacial score (nSPS) is 11.7. The van der Waals surface area contributed by atoms with Crippen molar-refractivity contribution in [3.8, 4) is 17.0 Å². The number of ether oxygens (including phenoxy) is 1.